The normalized spacial score (nSPS) is 23.5. The molecule has 0 aromatic heterocycles. The third-order valence-corrected chi connectivity index (χ3v) is 4.43. The fourth-order valence-corrected chi connectivity index (χ4v) is 3.26. The summed E-state index contributed by atoms with van der Waals surface area (Å²) in [6.07, 6.45) is 1.74. The molecule has 1 heterocycles. The highest BCUT2D eigenvalue weighted by atomic mass is 32.2. The van der Waals surface area contributed by atoms with Crippen molar-refractivity contribution < 1.29 is 9.32 Å². The minimum absolute atomic E-state index is 0.200. The summed E-state index contributed by atoms with van der Waals surface area (Å²) < 4.78 is 12.0. The topological polar surface area (TPSA) is 40.5 Å². The molecule has 1 aliphatic heterocycles. The second kappa shape index (κ2) is 6.28. The number of hydrogen-bond acceptors (Lipinski definition) is 3. The van der Waals surface area contributed by atoms with Gasteiger partial charge in [-0.05, 0) is 31.5 Å². The highest BCUT2D eigenvalue weighted by Gasteiger charge is 2.17. The molecule has 0 amide bonds. The van der Waals surface area contributed by atoms with Gasteiger partial charge in [0.05, 0.1) is 16.9 Å². The number of piperidine rings is 1. The fraction of sp³-hybridized carbons (Fsp3) is 0.538. The van der Waals surface area contributed by atoms with Gasteiger partial charge in [-0.3, -0.25) is 9.11 Å². The molecule has 1 fully saturated rings. The Balaban J connectivity index is 1.80. The summed E-state index contributed by atoms with van der Waals surface area (Å²) in [6, 6.07) is 9.57. The number of hydrogen-bond donors (Lipinski definition) is 1. The molecule has 0 radical (unpaired) electrons. The lowest BCUT2D eigenvalue weighted by atomic mass is 10.1. The Morgan fingerprint density at radius 2 is 2.12 bits per heavy atom. The predicted octanol–water partition coefficient (Wildman–Crippen LogP) is 1.25. The fourth-order valence-electron chi connectivity index (χ4n) is 2.14. The van der Waals surface area contributed by atoms with Gasteiger partial charge in [-0.25, -0.2) is 0 Å². The van der Waals surface area contributed by atoms with E-state index in [0.29, 0.717) is 5.75 Å². The highest BCUT2D eigenvalue weighted by Crippen LogP contribution is 2.11. The molecule has 0 spiro atoms. The smallest absolute Gasteiger partial charge is 0.0667 e. The maximum absolute atomic E-state index is 12.0. The molecule has 0 bridgehead atoms. The van der Waals surface area contributed by atoms with Crippen molar-refractivity contribution in [2.75, 3.05) is 25.4 Å². The van der Waals surface area contributed by atoms with Crippen molar-refractivity contribution in [2.45, 2.75) is 23.8 Å². The first kappa shape index (κ1) is 12.7. The molecule has 2 unspecified atom stereocenters. The summed E-state index contributed by atoms with van der Waals surface area (Å²) in [6.45, 7) is 2.55. The van der Waals surface area contributed by atoms with E-state index in [2.05, 4.69) is 4.90 Å². The zero-order valence-corrected chi connectivity index (χ0v) is 10.7. The van der Waals surface area contributed by atoms with Crippen molar-refractivity contribution in [3.8, 4) is 0 Å². The van der Waals surface area contributed by atoms with E-state index in [1.165, 1.54) is 0 Å². The van der Waals surface area contributed by atoms with E-state index in [9.17, 15) is 9.32 Å². The predicted molar refractivity (Wildman–Crippen MR) is 69.4 cm³/mol. The molecule has 1 saturated heterocycles. The van der Waals surface area contributed by atoms with Crippen molar-refractivity contribution in [1.29, 1.82) is 0 Å². The molecule has 3 nitrogen and oxygen atoms in total. The SMILES string of the molecule is O=S(CCN1CCCC(O)C1)c1ccccc1. The van der Waals surface area contributed by atoms with Crippen LogP contribution in [-0.4, -0.2) is 45.7 Å². The van der Waals surface area contributed by atoms with Crippen molar-refractivity contribution >= 4 is 10.8 Å². The second-order valence-corrected chi connectivity index (χ2v) is 6.03. The van der Waals surface area contributed by atoms with Crippen LogP contribution in [-0.2, 0) is 10.8 Å². The third kappa shape index (κ3) is 3.91. The van der Waals surface area contributed by atoms with Crippen molar-refractivity contribution in [3.05, 3.63) is 30.3 Å². The van der Waals surface area contributed by atoms with E-state index < -0.39 is 10.8 Å². The number of rotatable bonds is 4. The van der Waals surface area contributed by atoms with Crippen LogP contribution in [0.1, 0.15) is 12.8 Å². The van der Waals surface area contributed by atoms with Gasteiger partial charge in [-0.1, -0.05) is 18.2 Å². The average Bonchev–Trinajstić information content (AvgIpc) is 2.37. The second-order valence-electron chi connectivity index (χ2n) is 4.46. The molecule has 2 rings (SSSR count). The number of aliphatic hydroxyl groups is 1. The zero-order valence-electron chi connectivity index (χ0n) is 9.92. The molecule has 94 valence electrons. The molecule has 0 saturated carbocycles. The molecule has 2 atom stereocenters. The lowest BCUT2D eigenvalue weighted by Crippen LogP contribution is -2.40. The van der Waals surface area contributed by atoms with Crippen molar-refractivity contribution in [3.63, 3.8) is 0 Å². The van der Waals surface area contributed by atoms with E-state index in [1.807, 2.05) is 30.3 Å². The molecule has 1 aromatic carbocycles. The first-order valence-corrected chi connectivity index (χ1v) is 7.41. The van der Waals surface area contributed by atoms with Gasteiger partial charge < -0.3 is 5.11 Å². The molecular weight excluding hydrogens is 234 g/mol. The van der Waals surface area contributed by atoms with Crippen molar-refractivity contribution in [2.24, 2.45) is 0 Å². The Morgan fingerprint density at radius 1 is 1.35 bits per heavy atom. The van der Waals surface area contributed by atoms with Crippen molar-refractivity contribution in [1.82, 2.24) is 4.90 Å². The van der Waals surface area contributed by atoms with E-state index in [4.69, 9.17) is 0 Å². The molecule has 17 heavy (non-hydrogen) atoms. The van der Waals surface area contributed by atoms with Gasteiger partial charge in [0.2, 0.25) is 0 Å². The molecular formula is C13H19NO2S. The molecule has 1 aromatic rings. The number of nitrogens with zero attached hydrogens (tertiary/aromatic N) is 1. The van der Waals surface area contributed by atoms with Gasteiger partial charge in [-0.2, -0.15) is 0 Å². The van der Waals surface area contributed by atoms with Gasteiger partial charge in [-0.15, -0.1) is 0 Å². The summed E-state index contributed by atoms with van der Waals surface area (Å²) in [4.78, 5) is 3.10. The highest BCUT2D eigenvalue weighted by molar-refractivity contribution is 7.85. The van der Waals surface area contributed by atoms with Crippen LogP contribution in [0.2, 0.25) is 0 Å². The monoisotopic (exact) mass is 253 g/mol. The summed E-state index contributed by atoms with van der Waals surface area (Å²) in [5.41, 5.74) is 0. The average molecular weight is 253 g/mol. The lowest BCUT2D eigenvalue weighted by molar-refractivity contribution is 0.0742. The summed E-state index contributed by atoms with van der Waals surface area (Å²) in [5.74, 6) is 0.650. The Labute approximate surface area is 105 Å². The third-order valence-electron chi connectivity index (χ3n) is 3.08. The maximum atomic E-state index is 12.0. The van der Waals surface area contributed by atoms with Crippen LogP contribution in [0.25, 0.3) is 0 Å². The molecule has 0 aliphatic carbocycles. The van der Waals surface area contributed by atoms with Crippen LogP contribution in [0.5, 0.6) is 0 Å². The Bertz CT molecular complexity index is 369. The largest absolute Gasteiger partial charge is 0.392 e. The van der Waals surface area contributed by atoms with Crippen LogP contribution >= 0.6 is 0 Å². The standard InChI is InChI=1S/C13H19NO2S/c15-12-5-4-8-14(11-12)9-10-17(16)13-6-2-1-3-7-13/h1-3,6-7,12,15H,4-5,8-11H2. The van der Waals surface area contributed by atoms with Gasteiger partial charge in [0.15, 0.2) is 0 Å². The lowest BCUT2D eigenvalue weighted by Gasteiger charge is -2.29. The Morgan fingerprint density at radius 3 is 2.82 bits per heavy atom. The van der Waals surface area contributed by atoms with Crippen LogP contribution in [0, 0.1) is 0 Å². The van der Waals surface area contributed by atoms with Gasteiger partial charge in [0.1, 0.15) is 0 Å². The van der Waals surface area contributed by atoms with Crippen LogP contribution in [0.4, 0.5) is 0 Å². The summed E-state index contributed by atoms with van der Waals surface area (Å²) in [5, 5.41) is 9.54. The minimum atomic E-state index is -0.920. The van der Waals surface area contributed by atoms with Crippen LogP contribution in [0.15, 0.2) is 35.2 Å². The van der Waals surface area contributed by atoms with E-state index in [1.54, 1.807) is 0 Å². The number of β-amino-alcohol motifs (C(OH)–C–C–N with tert-alkyl or cyclic N) is 1. The first-order chi connectivity index (χ1) is 8.25. The van der Waals surface area contributed by atoms with Gasteiger partial charge in [0, 0.05) is 23.7 Å². The van der Waals surface area contributed by atoms with Crippen LogP contribution < -0.4 is 0 Å². The number of aliphatic hydroxyl groups excluding tert-OH is 1. The molecule has 1 N–H and O–H groups in total. The zero-order chi connectivity index (χ0) is 12.1. The van der Waals surface area contributed by atoms with E-state index in [-0.39, 0.29) is 6.10 Å². The van der Waals surface area contributed by atoms with E-state index in [0.717, 1.165) is 37.4 Å². The summed E-state index contributed by atoms with van der Waals surface area (Å²) in [7, 11) is -0.920. The maximum Gasteiger partial charge on any atom is 0.0667 e. The Kier molecular flexibility index (Phi) is 4.71. The molecule has 4 heteroatoms. The first-order valence-electron chi connectivity index (χ1n) is 6.09. The molecule has 1 aliphatic rings. The van der Waals surface area contributed by atoms with E-state index >= 15 is 0 Å². The van der Waals surface area contributed by atoms with Gasteiger partial charge in [0.25, 0.3) is 0 Å². The summed E-state index contributed by atoms with van der Waals surface area (Å²) >= 11 is 0. The quantitative estimate of drug-likeness (QED) is 0.878. The van der Waals surface area contributed by atoms with Gasteiger partial charge >= 0.3 is 0 Å². The minimum Gasteiger partial charge on any atom is -0.392 e. The number of benzene rings is 1. The Hall–Kier alpha value is -0.710. The number of likely N-dealkylation sites (tertiary alicyclic amines) is 1. The van der Waals surface area contributed by atoms with Crippen LogP contribution in [0.3, 0.4) is 0 Å².